The molecule has 0 spiro atoms. The maximum atomic E-state index is 12.8. The summed E-state index contributed by atoms with van der Waals surface area (Å²) in [6.45, 7) is -0.395. The number of nitrogens with zero attached hydrogens (tertiary/aromatic N) is 2. The van der Waals surface area contributed by atoms with Crippen LogP contribution in [0, 0.1) is 0 Å². The third kappa shape index (κ3) is 5.09. The van der Waals surface area contributed by atoms with Crippen LogP contribution in [0.15, 0.2) is 35.7 Å². The highest BCUT2D eigenvalue weighted by Crippen LogP contribution is 2.47. The number of rotatable bonds is 11. The number of benzene rings is 1. The van der Waals surface area contributed by atoms with E-state index in [0.29, 0.717) is 30.9 Å². The Hall–Kier alpha value is -2.22. The summed E-state index contributed by atoms with van der Waals surface area (Å²) < 4.78 is 0. The average Bonchev–Trinajstić information content (AvgIpc) is 3.33. The quantitative estimate of drug-likeness (QED) is 0.314. The number of unbranched alkanes of at least 4 members (excludes halogenated alkanes) is 2. The van der Waals surface area contributed by atoms with Gasteiger partial charge in [0.1, 0.15) is 12.3 Å². The number of hydrogen-bond donors (Lipinski definition) is 1. The number of Topliss-reactive ketones (excluding diaryl/α,β-unsaturated/α-hetero) is 2. The van der Waals surface area contributed by atoms with Crippen molar-refractivity contribution in [3.8, 4) is 21.3 Å². The average molecular weight is 441 g/mol. The van der Waals surface area contributed by atoms with Crippen molar-refractivity contribution in [3.63, 3.8) is 0 Å². The lowest BCUT2D eigenvalue weighted by Crippen LogP contribution is -2.04. The van der Waals surface area contributed by atoms with Crippen LogP contribution in [0.4, 0.5) is 0 Å². The van der Waals surface area contributed by atoms with Gasteiger partial charge in [-0.1, -0.05) is 36.8 Å². The van der Waals surface area contributed by atoms with Gasteiger partial charge in [0, 0.05) is 28.7 Å². The maximum absolute atomic E-state index is 12.8. The molecule has 5 nitrogen and oxygen atoms in total. The second-order valence-corrected chi connectivity index (χ2v) is 9.48. The third-order valence-electron chi connectivity index (χ3n) is 5.16. The molecule has 0 bridgehead atoms. The van der Waals surface area contributed by atoms with Crippen LogP contribution in [0.3, 0.4) is 0 Å². The zero-order valence-electron chi connectivity index (χ0n) is 16.7. The van der Waals surface area contributed by atoms with E-state index >= 15 is 0 Å². The van der Waals surface area contributed by atoms with E-state index in [4.69, 9.17) is 15.1 Å². The summed E-state index contributed by atoms with van der Waals surface area (Å²) in [6.07, 6.45) is 5.34. The molecule has 1 aliphatic carbocycles. The number of aliphatic hydroxyl groups is 1. The summed E-state index contributed by atoms with van der Waals surface area (Å²) in [4.78, 5) is 34.6. The Labute approximate surface area is 183 Å². The molecule has 1 saturated carbocycles. The summed E-state index contributed by atoms with van der Waals surface area (Å²) in [5.41, 5.74) is 2.64. The number of hydrogen-bond acceptors (Lipinski definition) is 7. The van der Waals surface area contributed by atoms with Crippen molar-refractivity contribution in [2.45, 2.75) is 50.9 Å². The monoisotopic (exact) mass is 440 g/mol. The highest BCUT2D eigenvalue weighted by molar-refractivity contribution is 7.21. The van der Waals surface area contributed by atoms with Crippen molar-refractivity contribution in [1.29, 1.82) is 0 Å². The molecule has 0 aliphatic heterocycles. The van der Waals surface area contributed by atoms with E-state index in [-0.39, 0.29) is 11.6 Å². The summed E-state index contributed by atoms with van der Waals surface area (Å²) in [5.74, 6) is 0.415. The lowest BCUT2D eigenvalue weighted by molar-refractivity contribution is -0.121. The summed E-state index contributed by atoms with van der Waals surface area (Å²) in [5, 5.41) is 12.5. The van der Waals surface area contributed by atoms with Crippen molar-refractivity contribution >= 4 is 34.2 Å². The van der Waals surface area contributed by atoms with Gasteiger partial charge in [-0.25, -0.2) is 9.97 Å². The molecule has 0 amide bonds. The minimum Gasteiger partial charge on any atom is -0.389 e. The highest BCUT2D eigenvalue weighted by Gasteiger charge is 2.32. The van der Waals surface area contributed by atoms with Crippen LogP contribution >= 0.6 is 22.7 Å². The number of ketones is 2. The van der Waals surface area contributed by atoms with E-state index < -0.39 is 6.61 Å². The predicted octanol–water partition coefficient (Wildman–Crippen LogP) is 5.51. The van der Waals surface area contributed by atoms with Gasteiger partial charge in [0.05, 0.1) is 5.69 Å². The van der Waals surface area contributed by atoms with Crippen LogP contribution < -0.4 is 0 Å². The van der Waals surface area contributed by atoms with E-state index in [1.807, 2.05) is 35.7 Å². The van der Waals surface area contributed by atoms with Gasteiger partial charge in [-0.15, -0.1) is 22.7 Å². The van der Waals surface area contributed by atoms with Crippen LogP contribution in [-0.4, -0.2) is 33.2 Å². The molecule has 0 radical (unpaired) electrons. The molecule has 0 unspecified atom stereocenters. The fraction of sp³-hybridized carbons (Fsp3) is 0.391. The van der Waals surface area contributed by atoms with Crippen LogP contribution in [0.1, 0.15) is 66.2 Å². The van der Waals surface area contributed by atoms with Crippen molar-refractivity contribution in [2.24, 2.45) is 0 Å². The Balaban J connectivity index is 1.44. The molecule has 1 aliphatic rings. The van der Waals surface area contributed by atoms with Gasteiger partial charge >= 0.3 is 0 Å². The molecule has 3 aromatic rings. The summed E-state index contributed by atoms with van der Waals surface area (Å²) in [7, 11) is 0. The first kappa shape index (κ1) is 21.0. The number of aromatic nitrogens is 2. The van der Waals surface area contributed by atoms with Gasteiger partial charge < -0.3 is 5.11 Å². The molecule has 4 rings (SSSR count). The maximum Gasteiger partial charge on any atom is 0.182 e. The molecule has 0 saturated heterocycles. The SMILES string of the molecule is O=C(CO)CCCCCC(=O)c1nc(-c2nc(-c3ccccc3)cs2)sc1C1CC1. The molecule has 2 heterocycles. The zero-order chi connectivity index (χ0) is 20.9. The Morgan fingerprint density at radius 2 is 1.77 bits per heavy atom. The molecular weight excluding hydrogens is 416 g/mol. The highest BCUT2D eigenvalue weighted by atomic mass is 32.1. The van der Waals surface area contributed by atoms with Crippen molar-refractivity contribution in [3.05, 3.63) is 46.3 Å². The first-order valence-corrected chi connectivity index (χ1v) is 12.0. The first-order valence-electron chi connectivity index (χ1n) is 10.3. The summed E-state index contributed by atoms with van der Waals surface area (Å²) >= 11 is 3.18. The fourth-order valence-corrected chi connectivity index (χ4v) is 5.46. The normalized spacial score (nSPS) is 13.5. The molecule has 1 N–H and O–H groups in total. The van der Waals surface area contributed by atoms with Gasteiger partial charge in [0.25, 0.3) is 0 Å². The van der Waals surface area contributed by atoms with E-state index in [1.54, 1.807) is 22.7 Å². The lowest BCUT2D eigenvalue weighted by atomic mass is 10.1. The van der Waals surface area contributed by atoms with E-state index in [0.717, 1.165) is 51.8 Å². The van der Waals surface area contributed by atoms with Crippen molar-refractivity contribution in [1.82, 2.24) is 9.97 Å². The molecule has 2 aromatic heterocycles. The number of thiazole rings is 2. The zero-order valence-corrected chi connectivity index (χ0v) is 18.3. The van der Waals surface area contributed by atoms with Gasteiger partial charge in [0.15, 0.2) is 21.6 Å². The number of carbonyl (C=O) groups is 2. The molecule has 0 atom stereocenters. The van der Waals surface area contributed by atoms with Crippen LogP contribution in [-0.2, 0) is 4.79 Å². The van der Waals surface area contributed by atoms with Gasteiger partial charge in [0.2, 0.25) is 0 Å². The smallest absolute Gasteiger partial charge is 0.182 e. The van der Waals surface area contributed by atoms with Crippen molar-refractivity contribution < 1.29 is 14.7 Å². The third-order valence-corrected chi connectivity index (χ3v) is 7.36. The standard InChI is InChI=1S/C23H24N2O3S2/c26-13-17(27)9-5-2-6-10-19(28)20-21(16-11-12-16)30-23(25-20)22-24-18(14-29-22)15-7-3-1-4-8-15/h1,3-4,7-8,14,16,26H,2,5-6,9-13H2. The van der Waals surface area contributed by atoms with Crippen LogP contribution in [0.5, 0.6) is 0 Å². The molecular formula is C23H24N2O3S2. The Morgan fingerprint density at radius 1 is 1.00 bits per heavy atom. The minimum absolute atomic E-state index is 0.0905. The van der Waals surface area contributed by atoms with E-state index in [1.165, 1.54) is 0 Å². The molecule has 7 heteroatoms. The largest absolute Gasteiger partial charge is 0.389 e. The Bertz CT molecular complexity index is 1020. The van der Waals surface area contributed by atoms with Gasteiger partial charge in [-0.3, -0.25) is 9.59 Å². The van der Waals surface area contributed by atoms with Gasteiger partial charge in [-0.2, -0.15) is 0 Å². The number of carbonyl (C=O) groups excluding carboxylic acids is 2. The predicted molar refractivity (Wildman–Crippen MR) is 120 cm³/mol. The lowest BCUT2D eigenvalue weighted by Gasteiger charge is -2.01. The molecule has 1 fully saturated rings. The number of aliphatic hydroxyl groups excluding tert-OH is 1. The molecule has 156 valence electrons. The second-order valence-electron chi connectivity index (χ2n) is 7.59. The van der Waals surface area contributed by atoms with Crippen molar-refractivity contribution in [2.75, 3.05) is 6.61 Å². The van der Waals surface area contributed by atoms with Crippen LogP contribution in [0.25, 0.3) is 21.3 Å². The topological polar surface area (TPSA) is 80.1 Å². The second kappa shape index (κ2) is 9.73. The Kier molecular flexibility index (Phi) is 6.82. The minimum atomic E-state index is -0.395. The summed E-state index contributed by atoms with van der Waals surface area (Å²) in [6, 6.07) is 10.1. The Morgan fingerprint density at radius 3 is 2.50 bits per heavy atom. The molecule has 30 heavy (non-hydrogen) atoms. The van der Waals surface area contributed by atoms with E-state index in [9.17, 15) is 9.59 Å². The molecule has 1 aromatic carbocycles. The fourth-order valence-electron chi connectivity index (χ4n) is 3.34. The van der Waals surface area contributed by atoms with Gasteiger partial charge in [-0.05, 0) is 31.6 Å². The van der Waals surface area contributed by atoms with E-state index in [2.05, 4.69) is 0 Å². The first-order chi connectivity index (χ1) is 14.7. The van der Waals surface area contributed by atoms with Crippen LogP contribution in [0.2, 0.25) is 0 Å².